The van der Waals surface area contributed by atoms with Crippen molar-refractivity contribution in [3.05, 3.63) is 89.4 Å². The van der Waals surface area contributed by atoms with E-state index in [0.717, 1.165) is 17.4 Å². The van der Waals surface area contributed by atoms with E-state index in [4.69, 9.17) is 9.52 Å². The summed E-state index contributed by atoms with van der Waals surface area (Å²) in [4.78, 5) is 17.0. The van der Waals surface area contributed by atoms with Gasteiger partial charge in [-0.2, -0.15) is 0 Å². The van der Waals surface area contributed by atoms with E-state index in [1.807, 2.05) is 30.3 Å². The van der Waals surface area contributed by atoms with Crippen LogP contribution in [0.15, 0.2) is 65.3 Å². The number of aromatic carboxylic acids is 1. The summed E-state index contributed by atoms with van der Waals surface area (Å²) in [7, 11) is 0. The molecule has 0 aliphatic heterocycles. The van der Waals surface area contributed by atoms with Crippen molar-refractivity contribution in [1.82, 2.24) is 9.88 Å². The van der Waals surface area contributed by atoms with E-state index >= 15 is 0 Å². The number of hydrogen-bond acceptors (Lipinski definition) is 4. The molecule has 3 aromatic rings. The summed E-state index contributed by atoms with van der Waals surface area (Å²) in [5.41, 5.74) is 1.94. The summed E-state index contributed by atoms with van der Waals surface area (Å²) < 4.78 is 18.4. The first-order valence-electron chi connectivity index (χ1n) is 7.78. The maximum absolute atomic E-state index is 13.1. The smallest absolute Gasteiger partial charge is 0.357 e. The van der Waals surface area contributed by atoms with Gasteiger partial charge in [0.2, 0.25) is 5.89 Å². The molecule has 1 heterocycles. The van der Waals surface area contributed by atoms with E-state index in [1.54, 1.807) is 12.1 Å². The Balaban J connectivity index is 1.77. The number of halogens is 1. The van der Waals surface area contributed by atoms with Gasteiger partial charge >= 0.3 is 5.97 Å². The van der Waals surface area contributed by atoms with Crippen LogP contribution in [0.4, 0.5) is 4.39 Å². The van der Waals surface area contributed by atoms with Crippen LogP contribution in [-0.4, -0.2) is 21.0 Å². The van der Waals surface area contributed by atoms with Crippen molar-refractivity contribution in [2.24, 2.45) is 0 Å². The van der Waals surface area contributed by atoms with Crippen LogP contribution in [0.25, 0.3) is 0 Å². The molecule has 0 aliphatic carbocycles. The molecular weight excluding hydrogens is 323 g/mol. The van der Waals surface area contributed by atoms with Gasteiger partial charge in [0.15, 0.2) is 5.69 Å². The Labute approximate surface area is 144 Å². The second-order valence-electron chi connectivity index (χ2n) is 5.69. The lowest BCUT2D eigenvalue weighted by molar-refractivity contribution is 0.0690. The molecule has 0 atom stereocenters. The number of carbonyl (C=O) groups is 1. The molecular formula is C19H17FN2O3. The first-order valence-corrected chi connectivity index (χ1v) is 7.78. The molecule has 1 aromatic heterocycles. The highest BCUT2D eigenvalue weighted by atomic mass is 19.1. The zero-order valence-corrected chi connectivity index (χ0v) is 13.4. The third-order valence-electron chi connectivity index (χ3n) is 3.70. The molecule has 1 N–H and O–H groups in total. The molecule has 128 valence electrons. The predicted octanol–water partition coefficient (Wildman–Crippen LogP) is 3.71. The Bertz CT molecular complexity index is 831. The maximum atomic E-state index is 13.1. The lowest BCUT2D eigenvalue weighted by atomic mass is 10.1. The fourth-order valence-electron chi connectivity index (χ4n) is 2.53. The molecule has 0 radical (unpaired) electrons. The molecule has 0 bridgehead atoms. The van der Waals surface area contributed by atoms with Gasteiger partial charge in [0.25, 0.3) is 0 Å². The minimum absolute atomic E-state index is 0.114. The van der Waals surface area contributed by atoms with Crippen LogP contribution >= 0.6 is 0 Å². The van der Waals surface area contributed by atoms with Crippen molar-refractivity contribution < 1.29 is 18.7 Å². The Morgan fingerprint density at radius 3 is 2.24 bits per heavy atom. The molecule has 25 heavy (non-hydrogen) atoms. The minimum Gasteiger partial charge on any atom is -0.476 e. The normalized spacial score (nSPS) is 11.0. The first kappa shape index (κ1) is 16.9. The highest BCUT2D eigenvalue weighted by molar-refractivity contribution is 5.84. The van der Waals surface area contributed by atoms with Gasteiger partial charge in [-0.3, -0.25) is 4.90 Å². The monoisotopic (exact) mass is 340 g/mol. The van der Waals surface area contributed by atoms with E-state index in [0.29, 0.717) is 25.5 Å². The third kappa shape index (κ3) is 4.74. The van der Waals surface area contributed by atoms with Gasteiger partial charge in [0.1, 0.15) is 12.1 Å². The van der Waals surface area contributed by atoms with Crippen molar-refractivity contribution in [1.29, 1.82) is 0 Å². The highest BCUT2D eigenvalue weighted by Crippen LogP contribution is 2.15. The van der Waals surface area contributed by atoms with Crippen LogP contribution in [0.3, 0.4) is 0 Å². The summed E-state index contributed by atoms with van der Waals surface area (Å²) in [6.07, 6.45) is 1.14. The van der Waals surface area contributed by atoms with Gasteiger partial charge in [-0.15, -0.1) is 0 Å². The van der Waals surface area contributed by atoms with Crippen LogP contribution in [0, 0.1) is 5.82 Å². The average molecular weight is 340 g/mol. The molecule has 3 rings (SSSR count). The van der Waals surface area contributed by atoms with Crippen LogP contribution in [0.2, 0.25) is 0 Å². The SMILES string of the molecule is O=C(O)c1coc(CN(Cc2ccccc2)Cc2ccc(F)cc2)n1. The van der Waals surface area contributed by atoms with Gasteiger partial charge in [0.05, 0.1) is 6.54 Å². The number of nitrogens with zero attached hydrogens (tertiary/aromatic N) is 2. The largest absolute Gasteiger partial charge is 0.476 e. The van der Waals surface area contributed by atoms with Gasteiger partial charge in [-0.1, -0.05) is 42.5 Å². The quantitative estimate of drug-likeness (QED) is 0.710. The number of hydrogen-bond donors (Lipinski definition) is 1. The number of carboxylic acid groups (broad SMARTS) is 1. The molecule has 2 aromatic carbocycles. The number of carboxylic acids is 1. The van der Waals surface area contributed by atoms with Crippen LogP contribution in [-0.2, 0) is 19.6 Å². The minimum atomic E-state index is -1.12. The summed E-state index contributed by atoms with van der Waals surface area (Å²) in [6.45, 7) is 1.53. The molecule has 0 amide bonds. The molecule has 0 spiro atoms. The molecule has 6 heteroatoms. The molecule has 0 unspecified atom stereocenters. The maximum Gasteiger partial charge on any atom is 0.357 e. The van der Waals surface area contributed by atoms with E-state index < -0.39 is 5.97 Å². The first-order chi connectivity index (χ1) is 12.1. The number of rotatable bonds is 7. The van der Waals surface area contributed by atoms with E-state index in [-0.39, 0.29) is 11.5 Å². The fourth-order valence-corrected chi connectivity index (χ4v) is 2.53. The predicted molar refractivity (Wildman–Crippen MR) is 89.3 cm³/mol. The van der Waals surface area contributed by atoms with Crippen LogP contribution in [0.1, 0.15) is 27.5 Å². The second-order valence-corrected chi connectivity index (χ2v) is 5.69. The number of aromatic nitrogens is 1. The van der Waals surface area contributed by atoms with Crippen molar-refractivity contribution in [2.45, 2.75) is 19.6 Å². The number of benzene rings is 2. The molecule has 5 nitrogen and oxygen atoms in total. The fraction of sp³-hybridized carbons (Fsp3) is 0.158. The number of oxazole rings is 1. The topological polar surface area (TPSA) is 66.6 Å². The summed E-state index contributed by atoms with van der Waals surface area (Å²) in [6, 6.07) is 16.2. The van der Waals surface area contributed by atoms with E-state index in [2.05, 4.69) is 9.88 Å². The standard InChI is InChI=1S/C19H17FN2O3/c20-16-8-6-15(7-9-16)11-22(10-14-4-2-1-3-5-14)12-18-21-17(13-25-18)19(23)24/h1-9,13H,10-12H2,(H,23,24). The summed E-state index contributed by atoms with van der Waals surface area (Å²) >= 11 is 0. The molecule has 0 fully saturated rings. The Kier molecular flexibility index (Phi) is 5.20. The van der Waals surface area contributed by atoms with Crippen LogP contribution in [0.5, 0.6) is 0 Å². The highest BCUT2D eigenvalue weighted by Gasteiger charge is 2.15. The van der Waals surface area contributed by atoms with Crippen molar-refractivity contribution in [3.63, 3.8) is 0 Å². The van der Waals surface area contributed by atoms with Crippen molar-refractivity contribution in [3.8, 4) is 0 Å². The van der Waals surface area contributed by atoms with Crippen molar-refractivity contribution >= 4 is 5.97 Å². The lowest BCUT2D eigenvalue weighted by Gasteiger charge is -2.21. The third-order valence-corrected chi connectivity index (χ3v) is 3.70. The zero-order valence-electron chi connectivity index (χ0n) is 13.4. The zero-order chi connectivity index (χ0) is 17.6. The molecule has 0 saturated carbocycles. The van der Waals surface area contributed by atoms with Gasteiger partial charge in [-0.05, 0) is 23.3 Å². The van der Waals surface area contributed by atoms with Gasteiger partial charge in [-0.25, -0.2) is 14.2 Å². The van der Waals surface area contributed by atoms with Crippen LogP contribution < -0.4 is 0 Å². The summed E-state index contributed by atoms with van der Waals surface area (Å²) in [5, 5.41) is 8.96. The Hall–Kier alpha value is -2.99. The summed E-state index contributed by atoms with van der Waals surface area (Å²) in [5.74, 6) is -1.07. The molecule has 0 saturated heterocycles. The average Bonchev–Trinajstić information content (AvgIpc) is 3.07. The Morgan fingerprint density at radius 1 is 1.00 bits per heavy atom. The lowest BCUT2D eigenvalue weighted by Crippen LogP contribution is -2.22. The van der Waals surface area contributed by atoms with E-state index in [9.17, 15) is 9.18 Å². The Morgan fingerprint density at radius 2 is 1.64 bits per heavy atom. The van der Waals surface area contributed by atoms with E-state index in [1.165, 1.54) is 12.1 Å². The van der Waals surface area contributed by atoms with Gasteiger partial charge in [0, 0.05) is 13.1 Å². The van der Waals surface area contributed by atoms with Crippen molar-refractivity contribution in [2.75, 3.05) is 0 Å². The molecule has 0 aliphatic rings. The van der Waals surface area contributed by atoms with Gasteiger partial charge < -0.3 is 9.52 Å². The second kappa shape index (κ2) is 7.72.